The van der Waals surface area contributed by atoms with Crippen molar-refractivity contribution in [3.8, 4) is 0 Å². The summed E-state index contributed by atoms with van der Waals surface area (Å²) in [5, 5.41) is 5.59. The number of aryl methyl sites for hydroxylation is 1. The van der Waals surface area contributed by atoms with Gasteiger partial charge in [0.25, 0.3) is 0 Å². The number of nitrogens with one attached hydrogen (secondary N) is 2. The second-order valence-electron chi connectivity index (χ2n) is 4.30. The molecule has 4 nitrogen and oxygen atoms in total. The third kappa shape index (κ3) is 3.20. The Morgan fingerprint density at radius 3 is 2.50 bits per heavy atom. The second kappa shape index (κ2) is 6.27. The average Bonchev–Trinajstić information content (AvgIpc) is 2.42. The second-order valence-corrected chi connectivity index (χ2v) is 4.30. The van der Waals surface area contributed by atoms with Gasteiger partial charge in [0.1, 0.15) is 0 Å². The molecule has 20 heavy (non-hydrogen) atoms. The lowest BCUT2D eigenvalue weighted by molar-refractivity contribution is 0.578. The number of hydrogen-bond acceptors (Lipinski definition) is 4. The molecule has 0 unspecified atom stereocenters. The van der Waals surface area contributed by atoms with Gasteiger partial charge in [-0.15, -0.1) is 0 Å². The molecule has 106 valence electrons. The Kier molecular flexibility index (Phi) is 4.45. The average molecular weight is 278 g/mol. The van der Waals surface area contributed by atoms with Crippen LogP contribution in [0.2, 0.25) is 0 Å². The van der Waals surface area contributed by atoms with Crippen molar-refractivity contribution in [2.75, 3.05) is 17.2 Å². The summed E-state index contributed by atoms with van der Waals surface area (Å²) in [5.41, 5.74) is 1.79. The van der Waals surface area contributed by atoms with Crippen molar-refractivity contribution in [3.63, 3.8) is 0 Å². The number of nitrogens with zero attached hydrogens (tertiary/aromatic N) is 2. The first-order chi connectivity index (χ1) is 9.61. The van der Waals surface area contributed by atoms with Crippen LogP contribution in [0.4, 0.5) is 20.4 Å². The highest BCUT2D eigenvalue weighted by atomic mass is 19.1. The molecule has 0 spiro atoms. The van der Waals surface area contributed by atoms with Gasteiger partial charge in [0.05, 0.1) is 12.2 Å². The van der Waals surface area contributed by atoms with E-state index in [-0.39, 0.29) is 11.6 Å². The summed E-state index contributed by atoms with van der Waals surface area (Å²) in [5.74, 6) is -1.39. The first-order valence-electron chi connectivity index (χ1n) is 6.36. The predicted octanol–water partition coefficient (Wildman–Crippen LogP) is 3.11. The van der Waals surface area contributed by atoms with Crippen LogP contribution in [-0.2, 0) is 6.54 Å². The minimum atomic E-state index is -0.724. The Hall–Kier alpha value is -2.24. The van der Waals surface area contributed by atoms with Gasteiger partial charge < -0.3 is 10.6 Å². The molecule has 2 rings (SSSR count). The molecule has 2 aromatic rings. The first-order valence-corrected chi connectivity index (χ1v) is 6.36. The zero-order valence-electron chi connectivity index (χ0n) is 11.4. The molecule has 0 saturated carbocycles. The van der Waals surface area contributed by atoms with E-state index < -0.39 is 11.6 Å². The van der Waals surface area contributed by atoms with Gasteiger partial charge in [-0.05, 0) is 25.5 Å². The Labute approximate surface area is 116 Å². The Morgan fingerprint density at radius 1 is 1.15 bits per heavy atom. The monoisotopic (exact) mass is 278 g/mol. The minimum Gasteiger partial charge on any atom is -0.368 e. The summed E-state index contributed by atoms with van der Waals surface area (Å²) in [4.78, 5) is 8.10. The molecule has 0 radical (unpaired) electrons. The van der Waals surface area contributed by atoms with Crippen LogP contribution < -0.4 is 10.6 Å². The van der Waals surface area contributed by atoms with Gasteiger partial charge in [0.15, 0.2) is 23.3 Å². The van der Waals surface area contributed by atoms with Crippen molar-refractivity contribution in [2.45, 2.75) is 20.4 Å². The van der Waals surface area contributed by atoms with Crippen molar-refractivity contribution in [2.24, 2.45) is 0 Å². The van der Waals surface area contributed by atoms with Gasteiger partial charge in [0, 0.05) is 18.8 Å². The van der Waals surface area contributed by atoms with E-state index >= 15 is 0 Å². The number of anilines is 2. The Balaban J connectivity index is 2.17. The molecule has 0 bridgehead atoms. The van der Waals surface area contributed by atoms with Crippen LogP contribution in [0.15, 0.2) is 24.4 Å². The van der Waals surface area contributed by atoms with Crippen LogP contribution in [0.1, 0.15) is 18.2 Å². The highest BCUT2D eigenvalue weighted by Gasteiger charge is 2.11. The third-order valence-corrected chi connectivity index (χ3v) is 2.81. The van der Waals surface area contributed by atoms with Crippen LogP contribution in [0.5, 0.6) is 0 Å². The normalized spacial score (nSPS) is 10.4. The number of hydrogen-bond donors (Lipinski definition) is 2. The van der Waals surface area contributed by atoms with E-state index in [0.717, 1.165) is 17.3 Å². The van der Waals surface area contributed by atoms with E-state index in [1.54, 1.807) is 6.20 Å². The zero-order chi connectivity index (χ0) is 14.5. The maximum absolute atomic E-state index is 13.7. The molecule has 0 aliphatic rings. The quantitative estimate of drug-likeness (QED) is 0.882. The van der Waals surface area contributed by atoms with Gasteiger partial charge in [-0.25, -0.2) is 13.8 Å². The summed E-state index contributed by atoms with van der Waals surface area (Å²) < 4.78 is 27.1. The van der Waals surface area contributed by atoms with Crippen LogP contribution >= 0.6 is 0 Å². The van der Waals surface area contributed by atoms with Crippen LogP contribution in [0, 0.1) is 18.6 Å². The molecule has 0 fully saturated rings. The van der Waals surface area contributed by atoms with Crippen molar-refractivity contribution < 1.29 is 8.78 Å². The highest BCUT2D eigenvalue weighted by Crippen LogP contribution is 2.19. The summed E-state index contributed by atoms with van der Waals surface area (Å²) >= 11 is 0. The van der Waals surface area contributed by atoms with Gasteiger partial charge in [-0.1, -0.05) is 6.07 Å². The molecule has 0 aromatic carbocycles. The summed E-state index contributed by atoms with van der Waals surface area (Å²) in [6.45, 7) is 4.57. The SMILES string of the molecule is CCNc1nc(NCc2ncccc2C)c(F)cc1F. The lowest BCUT2D eigenvalue weighted by Crippen LogP contribution is -2.10. The van der Waals surface area contributed by atoms with Crippen LogP contribution in [0.25, 0.3) is 0 Å². The highest BCUT2D eigenvalue weighted by molar-refractivity contribution is 5.47. The minimum absolute atomic E-state index is 0.00685. The standard InChI is InChI=1S/C14H16F2N4/c1-3-17-13-10(15)7-11(16)14(20-13)19-8-12-9(2)5-4-6-18-12/h4-7H,3,8H2,1-2H3,(H2,17,19,20). The van der Waals surface area contributed by atoms with Crippen LogP contribution in [-0.4, -0.2) is 16.5 Å². The molecule has 0 atom stereocenters. The van der Waals surface area contributed by atoms with E-state index in [4.69, 9.17) is 0 Å². The van der Waals surface area contributed by atoms with Crippen molar-refractivity contribution in [1.29, 1.82) is 0 Å². The zero-order valence-corrected chi connectivity index (χ0v) is 11.4. The van der Waals surface area contributed by atoms with Gasteiger partial charge in [-0.3, -0.25) is 4.98 Å². The summed E-state index contributed by atoms with van der Waals surface area (Å²) in [6, 6.07) is 4.57. The first kappa shape index (κ1) is 14.2. The molecule has 0 saturated heterocycles. The molecule has 6 heteroatoms. The van der Waals surface area contributed by atoms with E-state index in [2.05, 4.69) is 20.6 Å². The van der Waals surface area contributed by atoms with Gasteiger partial charge >= 0.3 is 0 Å². The fourth-order valence-electron chi connectivity index (χ4n) is 1.75. The molecule has 0 aliphatic heterocycles. The molecular formula is C14H16F2N4. The van der Waals surface area contributed by atoms with E-state index in [0.29, 0.717) is 13.1 Å². The van der Waals surface area contributed by atoms with Crippen molar-refractivity contribution in [1.82, 2.24) is 9.97 Å². The maximum atomic E-state index is 13.7. The van der Waals surface area contributed by atoms with Crippen molar-refractivity contribution in [3.05, 3.63) is 47.3 Å². The lowest BCUT2D eigenvalue weighted by Gasteiger charge is -2.11. The number of halogens is 2. The lowest BCUT2D eigenvalue weighted by atomic mass is 10.2. The Bertz CT molecular complexity index is 602. The van der Waals surface area contributed by atoms with Crippen molar-refractivity contribution >= 4 is 11.6 Å². The van der Waals surface area contributed by atoms with E-state index in [1.165, 1.54) is 0 Å². The largest absolute Gasteiger partial charge is 0.368 e. The smallest absolute Gasteiger partial charge is 0.168 e. The van der Waals surface area contributed by atoms with Gasteiger partial charge in [0.2, 0.25) is 0 Å². The maximum Gasteiger partial charge on any atom is 0.168 e. The molecular weight excluding hydrogens is 262 g/mol. The van der Waals surface area contributed by atoms with Gasteiger partial charge in [-0.2, -0.15) is 0 Å². The van der Waals surface area contributed by atoms with Crippen LogP contribution in [0.3, 0.4) is 0 Å². The molecule has 0 amide bonds. The summed E-state index contributed by atoms with van der Waals surface area (Å²) in [7, 11) is 0. The fraction of sp³-hybridized carbons (Fsp3) is 0.286. The fourth-order valence-corrected chi connectivity index (χ4v) is 1.75. The third-order valence-electron chi connectivity index (χ3n) is 2.81. The topological polar surface area (TPSA) is 49.8 Å². The molecule has 2 N–H and O–H groups in total. The number of rotatable bonds is 5. The molecule has 2 aromatic heterocycles. The Morgan fingerprint density at radius 2 is 1.85 bits per heavy atom. The summed E-state index contributed by atoms with van der Waals surface area (Å²) in [6.07, 6.45) is 1.67. The number of pyridine rings is 2. The number of aromatic nitrogens is 2. The van der Waals surface area contributed by atoms with E-state index in [1.807, 2.05) is 26.0 Å². The molecule has 2 heterocycles. The molecule has 0 aliphatic carbocycles. The predicted molar refractivity (Wildman–Crippen MR) is 74.6 cm³/mol. The van der Waals surface area contributed by atoms with E-state index in [9.17, 15) is 8.78 Å².